The summed E-state index contributed by atoms with van der Waals surface area (Å²) in [5.41, 5.74) is 0. The van der Waals surface area contributed by atoms with Gasteiger partial charge >= 0.3 is 11.9 Å². The fourth-order valence-corrected chi connectivity index (χ4v) is 6.93. The number of rotatable bonds is 29. The topological polar surface area (TPSA) is 74.6 Å². The lowest BCUT2D eigenvalue weighted by molar-refractivity contribution is -0.138. The average molecular weight is 589 g/mol. The Morgan fingerprint density at radius 3 is 1.52 bits per heavy atom. The van der Waals surface area contributed by atoms with E-state index >= 15 is 0 Å². The lowest BCUT2D eigenvalue weighted by Crippen LogP contribution is -2.30. The van der Waals surface area contributed by atoms with Gasteiger partial charge in [-0.3, -0.25) is 9.59 Å². The number of hydrogen-bond acceptors (Lipinski definition) is 2. The van der Waals surface area contributed by atoms with E-state index in [9.17, 15) is 9.59 Å². The van der Waals surface area contributed by atoms with Crippen LogP contribution in [-0.4, -0.2) is 22.2 Å². The summed E-state index contributed by atoms with van der Waals surface area (Å²) in [6.45, 7) is 4.61. The number of allylic oxidation sites excluding steroid dienone is 4. The van der Waals surface area contributed by atoms with E-state index in [4.69, 9.17) is 10.2 Å². The molecule has 0 spiro atoms. The molecule has 1 aliphatic rings. The molecular weight excluding hydrogens is 520 g/mol. The van der Waals surface area contributed by atoms with E-state index in [0.717, 1.165) is 50.4 Å². The molecule has 4 unspecified atom stereocenters. The molecule has 0 saturated heterocycles. The van der Waals surface area contributed by atoms with Gasteiger partial charge in [0.15, 0.2) is 0 Å². The Bertz CT molecular complexity index is 712. The SMILES string of the molecule is CCCCCCC1C=CC(CCCCCCCCCC(=O)O)C(C=CCCCCCCCC(=O)O)C1CCCCCC. The Morgan fingerprint density at radius 2 is 0.976 bits per heavy atom. The van der Waals surface area contributed by atoms with E-state index in [1.165, 1.54) is 116 Å². The first-order chi connectivity index (χ1) is 20.5. The average Bonchev–Trinajstić information content (AvgIpc) is 2.96. The van der Waals surface area contributed by atoms with Crippen LogP contribution in [0.2, 0.25) is 0 Å². The molecule has 0 saturated carbocycles. The number of carbonyl (C=O) groups is 2. The molecule has 2 N–H and O–H groups in total. The summed E-state index contributed by atoms with van der Waals surface area (Å²) >= 11 is 0. The summed E-state index contributed by atoms with van der Waals surface area (Å²) in [4.78, 5) is 21.4. The molecule has 0 aromatic heterocycles. The molecule has 4 heteroatoms. The van der Waals surface area contributed by atoms with Crippen molar-refractivity contribution in [1.29, 1.82) is 0 Å². The van der Waals surface area contributed by atoms with E-state index < -0.39 is 11.9 Å². The first-order valence-corrected chi connectivity index (χ1v) is 18.3. The van der Waals surface area contributed by atoms with E-state index in [0.29, 0.717) is 24.7 Å². The van der Waals surface area contributed by atoms with Crippen molar-refractivity contribution in [3.8, 4) is 0 Å². The molecule has 0 aromatic rings. The molecule has 42 heavy (non-hydrogen) atoms. The molecule has 244 valence electrons. The van der Waals surface area contributed by atoms with E-state index in [1.807, 2.05) is 0 Å². The third kappa shape index (κ3) is 20.3. The quantitative estimate of drug-likeness (QED) is 0.0673. The zero-order valence-corrected chi connectivity index (χ0v) is 27.7. The van der Waals surface area contributed by atoms with Crippen molar-refractivity contribution in [1.82, 2.24) is 0 Å². The minimum Gasteiger partial charge on any atom is -0.481 e. The van der Waals surface area contributed by atoms with Crippen LogP contribution in [0.4, 0.5) is 0 Å². The van der Waals surface area contributed by atoms with Gasteiger partial charge in [-0.2, -0.15) is 0 Å². The van der Waals surface area contributed by atoms with Crippen molar-refractivity contribution < 1.29 is 19.8 Å². The molecule has 4 nitrogen and oxygen atoms in total. The van der Waals surface area contributed by atoms with Crippen molar-refractivity contribution in [3.63, 3.8) is 0 Å². The van der Waals surface area contributed by atoms with Gasteiger partial charge in [0.05, 0.1) is 0 Å². The molecule has 0 amide bonds. The maximum atomic E-state index is 10.7. The Morgan fingerprint density at radius 1 is 0.548 bits per heavy atom. The van der Waals surface area contributed by atoms with Crippen LogP contribution in [0.15, 0.2) is 24.3 Å². The minimum atomic E-state index is -0.671. The summed E-state index contributed by atoms with van der Waals surface area (Å²) in [5, 5.41) is 17.6. The first kappa shape index (κ1) is 38.4. The molecule has 0 aliphatic heterocycles. The van der Waals surface area contributed by atoms with Crippen molar-refractivity contribution in [3.05, 3.63) is 24.3 Å². The van der Waals surface area contributed by atoms with Gasteiger partial charge in [-0.05, 0) is 68.6 Å². The number of hydrogen-bond donors (Lipinski definition) is 2. The Balaban J connectivity index is 2.70. The van der Waals surface area contributed by atoms with Gasteiger partial charge in [-0.15, -0.1) is 0 Å². The largest absolute Gasteiger partial charge is 0.481 e. The second kappa shape index (κ2) is 27.0. The molecule has 1 rings (SSSR count). The highest BCUT2D eigenvalue weighted by atomic mass is 16.4. The second-order valence-electron chi connectivity index (χ2n) is 13.2. The Labute approximate surface area is 260 Å². The summed E-state index contributed by atoms with van der Waals surface area (Å²) in [7, 11) is 0. The highest BCUT2D eigenvalue weighted by molar-refractivity contribution is 5.66. The molecule has 4 atom stereocenters. The van der Waals surface area contributed by atoms with Crippen molar-refractivity contribution in [2.24, 2.45) is 23.7 Å². The van der Waals surface area contributed by atoms with E-state index in [1.54, 1.807) is 0 Å². The predicted octanol–water partition coefficient (Wildman–Crippen LogP) is 11.9. The Kier molecular flexibility index (Phi) is 24.7. The van der Waals surface area contributed by atoms with Crippen LogP contribution in [0.25, 0.3) is 0 Å². The van der Waals surface area contributed by atoms with Gasteiger partial charge in [-0.25, -0.2) is 0 Å². The van der Waals surface area contributed by atoms with Crippen LogP contribution in [0.3, 0.4) is 0 Å². The standard InChI is InChI=1S/C38H68O4/c1-3-5-7-19-25-33-31-32-34(26-20-15-11-9-13-17-23-29-37(39)40)36(35(33)27-21-8-6-4-2)28-22-16-12-10-14-18-24-30-38(41)42/h22,28,31-36H,3-21,23-27,29-30H2,1-2H3,(H,39,40)(H,41,42). The van der Waals surface area contributed by atoms with E-state index in [2.05, 4.69) is 38.2 Å². The van der Waals surface area contributed by atoms with Crippen molar-refractivity contribution in [2.45, 2.75) is 181 Å². The lowest BCUT2D eigenvalue weighted by atomic mass is 9.66. The van der Waals surface area contributed by atoms with Gasteiger partial charge in [0.25, 0.3) is 0 Å². The predicted molar refractivity (Wildman–Crippen MR) is 179 cm³/mol. The smallest absolute Gasteiger partial charge is 0.303 e. The van der Waals surface area contributed by atoms with Crippen LogP contribution in [0, 0.1) is 23.7 Å². The fraction of sp³-hybridized carbons (Fsp3) is 0.842. The fourth-order valence-electron chi connectivity index (χ4n) is 6.93. The third-order valence-electron chi connectivity index (χ3n) is 9.47. The van der Waals surface area contributed by atoms with Gasteiger partial charge < -0.3 is 10.2 Å². The van der Waals surface area contributed by atoms with Crippen LogP contribution < -0.4 is 0 Å². The highest BCUT2D eigenvalue weighted by Crippen LogP contribution is 2.43. The number of carboxylic acid groups (broad SMARTS) is 2. The number of unbranched alkanes of at least 4 members (excludes halogenated alkanes) is 17. The van der Waals surface area contributed by atoms with Gasteiger partial charge in [0.1, 0.15) is 0 Å². The van der Waals surface area contributed by atoms with Crippen LogP contribution >= 0.6 is 0 Å². The second-order valence-corrected chi connectivity index (χ2v) is 13.2. The summed E-state index contributed by atoms with van der Waals surface area (Å²) < 4.78 is 0. The van der Waals surface area contributed by atoms with Crippen molar-refractivity contribution >= 4 is 11.9 Å². The minimum absolute atomic E-state index is 0.308. The number of carboxylic acids is 2. The molecule has 0 aromatic carbocycles. The third-order valence-corrected chi connectivity index (χ3v) is 9.47. The molecule has 1 aliphatic carbocycles. The molecule has 0 bridgehead atoms. The van der Waals surface area contributed by atoms with Crippen LogP contribution in [0.5, 0.6) is 0 Å². The molecule has 0 heterocycles. The summed E-state index contributed by atoms with van der Waals surface area (Å²) in [6, 6.07) is 0. The van der Waals surface area contributed by atoms with Crippen molar-refractivity contribution in [2.75, 3.05) is 0 Å². The zero-order chi connectivity index (χ0) is 30.7. The van der Waals surface area contributed by atoms with Crippen LogP contribution in [0.1, 0.15) is 181 Å². The van der Waals surface area contributed by atoms with Gasteiger partial charge in [0.2, 0.25) is 0 Å². The lowest BCUT2D eigenvalue weighted by Gasteiger charge is -2.39. The molecule has 0 fully saturated rings. The van der Waals surface area contributed by atoms with Gasteiger partial charge in [0, 0.05) is 12.8 Å². The molecule has 0 radical (unpaired) electrons. The summed E-state index contributed by atoms with van der Waals surface area (Å²) in [5.74, 6) is 1.50. The molecular formula is C38H68O4. The maximum Gasteiger partial charge on any atom is 0.303 e. The number of aliphatic carboxylic acids is 2. The summed E-state index contributed by atoms with van der Waals surface area (Å²) in [6.07, 6.45) is 40.5. The normalized spacial score (nSPS) is 20.4. The zero-order valence-electron chi connectivity index (χ0n) is 27.7. The Hall–Kier alpha value is -1.58. The highest BCUT2D eigenvalue weighted by Gasteiger charge is 2.33. The van der Waals surface area contributed by atoms with Crippen LogP contribution in [-0.2, 0) is 9.59 Å². The van der Waals surface area contributed by atoms with E-state index in [-0.39, 0.29) is 0 Å². The maximum absolute atomic E-state index is 10.7. The first-order valence-electron chi connectivity index (χ1n) is 18.3. The monoisotopic (exact) mass is 589 g/mol. The van der Waals surface area contributed by atoms with Gasteiger partial charge in [-0.1, -0.05) is 147 Å².